The van der Waals surface area contributed by atoms with Gasteiger partial charge in [0, 0.05) is 19.1 Å². The molecule has 2 rings (SSSR count). The third kappa shape index (κ3) is 3.98. The van der Waals surface area contributed by atoms with E-state index in [0.717, 1.165) is 6.07 Å². The molecule has 4 N–H and O–H groups in total. The van der Waals surface area contributed by atoms with E-state index < -0.39 is 20.0 Å². The van der Waals surface area contributed by atoms with Gasteiger partial charge in [-0.25, -0.2) is 22.0 Å². The van der Waals surface area contributed by atoms with E-state index in [4.69, 9.17) is 10.9 Å². The largest absolute Gasteiger partial charge is 0.328 e. The van der Waals surface area contributed by atoms with Crippen molar-refractivity contribution in [2.24, 2.45) is 16.8 Å². The van der Waals surface area contributed by atoms with Gasteiger partial charge in [0.25, 0.3) is 0 Å². The first-order valence-electron chi connectivity index (χ1n) is 6.51. The summed E-state index contributed by atoms with van der Waals surface area (Å²) < 4.78 is 49.1. The van der Waals surface area contributed by atoms with Gasteiger partial charge in [-0.05, 0) is 37.5 Å². The zero-order valence-electron chi connectivity index (χ0n) is 12.0. The maximum Gasteiger partial charge on any atom is 0.243 e. The van der Waals surface area contributed by atoms with Crippen LogP contribution < -0.4 is 10.9 Å². The molecule has 1 saturated heterocycles. The zero-order chi connectivity index (χ0) is 15.8. The summed E-state index contributed by atoms with van der Waals surface area (Å²) in [6, 6.07) is 5.00. The second-order valence-corrected chi connectivity index (χ2v) is 8.79. The van der Waals surface area contributed by atoms with Crippen LogP contribution in [0, 0.1) is 5.92 Å². The number of hydrogen-bond donors (Lipinski definition) is 2. The molecule has 1 aliphatic rings. The van der Waals surface area contributed by atoms with Crippen LogP contribution in [0.3, 0.4) is 0 Å². The molecule has 22 heavy (non-hydrogen) atoms. The molecule has 1 aliphatic heterocycles. The SMILES string of the molecule is CC(N)C1CCN(S(=O)(=O)c2cccc(S(N)(=O)=O)c2)C1.Cl. The van der Waals surface area contributed by atoms with Gasteiger partial charge in [-0.15, -0.1) is 12.4 Å². The molecule has 126 valence electrons. The number of rotatable bonds is 4. The van der Waals surface area contributed by atoms with Crippen LogP contribution in [-0.4, -0.2) is 40.3 Å². The normalized spacial score (nSPS) is 21.3. The highest BCUT2D eigenvalue weighted by Crippen LogP contribution is 2.26. The van der Waals surface area contributed by atoms with Crippen LogP contribution in [0.25, 0.3) is 0 Å². The third-order valence-corrected chi connectivity index (χ3v) is 6.47. The summed E-state index contributed by atoms with van der Waals surface area (Å²) in [6.07, 6.45) is 0.700. The summed E-state index contributed by atoms with van der Waals surface area (Å²) in [5, 5.41) is 5.03. The number of nitrogens with two attached hydrogens (primary N) is 2. The lowest BCUT2D eigenvalue weighted by Gasteiger charge is -2.18. The summed E-state index contributed by atoms with van der Waals surface area (Å²) in [7, 11) is -7.67. The maximum atomic E-state index is 12.5. The Labute approximate surface area is 137 Å². The molecule has 1 heterocycles. The van der Waals surface area contributed by atoms with Crippen LogP contribution in [0.5, 0.6) is 0 Å². The molecule has 0 aromatic heterocycles. The highest BCUT2D eigenvalue weighted by Gasteiger charge is 2.34. The molecule has 1 aromatic carbocycles. The molecule has 7 nitrogen and oxygen atoms in total. The molecule has 0 spiro atoms. The van der Waals surface area contributed by atoms with Crippen molar-refractivity contribution in [2.45, 2.75) is 29.2 Å². The predicted molar refractivity (Wildman–Crippen MR) is 85.6 cm³/mol. The molecule has 2 atom stereocenters. The van der Waals surface area contributed by atoms with Gasteiger partial charge in [-0.1, -0.05) is 6.07 Å². The standard InChI is InChI=1S/C12H19N3O4S2.ClH/c1-9(13)10-5-6-15(8-10)21(18,19)12-4-2-3-11(7-12)20(14,16)17;/h2-4,7,9-10H,5-6,8,13H2,1H3,(H2,14,16,17);1H. The van der Waals surface area contributed by atoms with Crippen LogP contribution >= 0.6 is 12.4 Å². The lowest BCUT2D eigenvalue weighted by molar-refractivity contribution is 0.429. The van der Waals surface area contributed by atoms with E-state index in [2.05, 4.69) is 0 Å². The lowest BCUT2D eigenvalue weighted by atomic mass is 10.0. The van der Waals surface area contributed by atoms with E-state index in [0.29, 0.717) is 19.5 Å². The minimum absolute atomic E-state index is 0. The number of nitrogens with zero attached hydrogens (tertiary/aromatic N) is 1. The highest BCUT2D eigenvalue weighted by atomic mass is 35.5. The van der Waals surface area contributed by atoms with Crippen LogP contribution in [0.2, 0.25) is 0 Å². The number of sulfonamides is 2. The molecule has 0 aliphatic carbocycles. The van der Waals surface area contributed by atoms with Gasteiger partial charge in [0.15, 0.2) is 0 Å². The van der Waals surface area contributed by atoms with Gasteiger partial charge in [-0.2, -0.15) is 4.31 Å². The molecule has 0 amide bonds. The van der Waals surface area contributed by atoms with Crippen molar-refractivity contribution in [2.75, 3.05) is 13.1 Å². The van der Waals surface area contributed by atoms with E-state index in [1.54, 1.807) is 0 Å². The number of benzene rings is 1. The Bertz CT molecular complexity index is 734. The van der Waals surface area contributed by atoms with Crippen LogP contribution in [-0.2, 0) is 20.0 Å². The summed E-state index contributed by atoms with van der Waals surface area (Å²) in [5.74, 6) is 0.112. The molecular formula is C12H20ClN3O4S2. The summed E-state index contributed by atoms with van der Waals surface area (Å²) in [5.41, 5.74) is 5.81. The summed E-state index contributed by atoms with van der Waals surface area (Å²) >= 11 is 0. The van der Waals surface area contributed by atoms with Gasteiger partial charge < -0.3 is 5.73 Å². The average Bonchev–Trinajstić information content (AvgIpc) is 2.88. The lowest BCUT2D eigenvalue weighted by Crippen LogP contribution is -2.33. The second kappa shape index (κ2) is 6.81. The Kier molecular flexibility index (Phi) is 5.99. The van der Waals surface area contributed by atoms with Crippen LogP contribution in [0.15, 0.2) is 34.1 Å². The summed E-state index contributed by atoms with van der Waals surface area (Å²) in [6.45, 7) is 2.58. The fraction of sp³-hybridized carbons (Fsp3) is 0.500. The number of hydrogen-bond acceptors (Lipinski definition) is 5. The fourth-order valence-electron chi connectivity index (χ4n) is 2.36. The minimum atomic E-state index is -3.94. The first kappa shape index (κ1) is 19.3. The molecule has 10 heteroatoms. The molecular weight excluding hydrogens is 350 g/mol. The van der Waals surface area contributed by atoms with Crippen LogP contribution in [0.4, 0.5) is 0 Å². The molecule has 2 unspecified atom stereocenters. The van der Waals surface area contributed by atoms with E-state index in [-0.39, 0.29) is 34.2 Å². The Morgan fingerprint density at radius 3 is 2.32 bits per heavy atom. The van der Waals surface area contributed by atoms with Gasteiger partial charge in [0.2, 0.25) is 20.0 Å². The van der Waals surface area contributed by atoms with Crippen molar-refractivity contribution < 1.29 is 16.8 Å². The molecule has 0 radical (unpaired) electrons. The van der Waals surface area contributed by atoms with Crippen molar-refractivity contribution in [1.82, 2.24) is 4.31 Å². The Balaban J connectivity index is 0.00000242. The Morgan fingerprint density at radius 1 is 1.23 bits per heavy atom. The number of halogens is 1. The van der Waals surface area contributed by atoms with Crippen molar-refractivity contribution >= 4 is 32.5 Å². The van der Waals surface area contributed by atoms with Gasteiger partial charge in [-0.3, -0.25) is 0 Å². The van der Waals surface area contributed by atoms with E-state index in [1.807, 2.05) is 6.92 Å². The second-order valence-electron chi connectivity index (χ2n) is 5.29. The molecule has 0 bridgehead atoms. The molecule has 0 saturated carbocycles. The van der Waals surface area contributed by atoms with Crippen molar-refractivity contribution in [3.05, 3.63) is 24.3 Å². The number of primary sulfonamides is 1. The predicted octanol–water partition coefficient (Wildman–Crippen LogP) is 0.114. The Morgan fingerprint density at radius 2 is 1.82 bits per heavy atom. The zero-order valence-corrected chi connectivity index (χ0v) is 14.5. The molecule has 1 fully saturated rings. The highest BCUT2D eigenvalue weighted by molar-refractivity contribution is 7.90. The first-order chi connectivity index (χ1) is 9.62. The first-order valence-corrected chi connectivity index (χ1v) is 9.49. The van der Waals surface area contributed by atoms with Gasteiger partial charge in [0.05, 0.1) is 9.79 Å². The third-order valence-electron chi connectivity index (χ3n) is 3.70. The fourth-order valence-corrected chi connectivity index (χ4v) is 4.55. The smallest absolute Gasteiger partial charge is 0.243 e. The summed E-state index contributed by atoms with van der Waals surface area (Å²) in [4.78, 5) is -0.286. The van der Waals surface area contributed by atoms with E-state index >= 15 is 0 Å². The maximum absolute atomic E-state index is 12.5. The topological polar surface area (TPSA) is 124 Å². The minimum Gasteiger partial charge on any atom is -0.328 e. The average molecular weight is 370 g/mol. The monoisotopic (exact) mass is 369 g/mol. The molecule has 1 aromatic rings. The van der Waals surface area contributed by atoms with Crippen LogP contribution in [0.1, 0.15) is 13.3 Å². The quantitative estimate of drug-likeness (QED) is 0.779. The van der Waals surface area contributed by atoms with Crippen molar-refractivity contribution in [3.63, 3.8) is 0 Å². The van der Waals surface area contributed by atoms with Crippen molar-refractivity contribution in [3.8, 4) is 0 Å². The van der Waals surface area contributed by atoms with E-state index in [1.165, 1.54) is 22.5 Å². The van der Waals surface area contributed by atoms with E-state index in [9.17, 15) is 16.8 Å². The van der Waals surface area contributed by atoms with Gasteiger partial charge >= 0.3 is 0 Å². The Hall–Kier alpha value is -0.710. The van der Waals surface area contributed by atoms with Crippen molar-refractivity contribution in [1.29, 1.82) is 0 Å². The van der Waals surface area contributed by atoms with Gasteiger partial charge in [0.1, 0.15) is 0 Å².